The zero-order valence-electron chi connectivity index (χ0n) is 13.0. The third-order valence-electron chi connectivity index (χ3n) is 3.37. The van der Waals surface area contributed by atoms with Gasteiger partial charge in [0.15, 0.2) is 6.61 Å². The number of halogens is 1. The Hall–Kier alpha value is -2.14. The van der Waals surface area contributed by atoms with Gasteiger partial charge in [-0.3, -0.25) is 4.79 Å². The largest absolute Gasteiger partial charge is 0.452 e. The number of benzene rings is 2. The first-order valence-electron chi connectivity index (χ1n) is 7.24. The molecule has 0 saturated heterocycles. The highest BCUT2D eigenvalue weighted by Crippen LogP contribution is 2.13. The van der Waals surface area contributed by atoms with Crippen LogP contribution in [0.5, 0.6) is 0 Å². The Morgan fingerprint density at radius 3 is 2.30 bits per heavy atom. The molecule has 0 unspecified atom stereocenters. The van der Waals surface area contributed by atoms with Crippen LogP contribution in [0.25, 0.3) is 0 Å². The fraction of sp³-hybridized carbons (Fsp3) is 0.222. The second kappa shape index (κ2) is 7.92. The molecule has 0 aliphatic carbocycles. The third-order valence-corrected chi connectivity index (χ3v) is 3.90. The maximum Gasteiger partial charge on any atom is 0.338 e. The van der Waals surface area contributed by atoms with Crippen molar-refractivity contribution in [2.75, 3.05) is 6.61 Å². The molecule has 2 rings (SSSR count). The fourth-order valence-electron chi connectivity index (χ4n) is 2.02. The van der Waals surface area contributed by atoms with Crippen molar-refractivity contribution in [2.45, 2.75) is 19.9 Å². The highest BCUT2D eigenvalue weighted by molar-refractivity contribution is 9.10. The van der Waals surface area contributed by atoms with Gasteiger partial charge in [0.05, 0.1) is 11.6 Å². The molecule has 120 valence electrons. The van der Waals surface area contributed by atoms with Gasteiger partial charge >= 0.3 is 5.97 Å². The van der Waals surface area contributed by atoms with Gasteiger partial charge in [0.2, 0.25) is 0 Å². The van der Waals surface area contributed by atoms with Crippen molar-refractivity contribution in [3.8, 4) is 0 Å². The maximum atomic E-state index is 11.9. The Labute approximate surface area is 144 Å². The van der Waals surface area contributed by atoms with Gasteiger partial charge in [-0.25, -0.2) is 4.79 Å². The van der Waals surface area contributed by atoms with E-state index in [4.69, 9.17) is 4.74 Å². The molecule has 0 aromatic heterocycles. The number of rotatable bonds is 5. The molecule has 0 spiro atoms. The van der Waals surface area contributed by atoms with Gasteiger partial charge < -0.3 is 10.1 Å². The molecule has 0 aliphatic rings. The molecule has 23 heavy (non-hydrogen) atoms. The van der Waals surface area contributed by atoms with Crippen molar-refractivity contribution in [3.05, 3.63) is 69.7 Å². The number of aryl methyl sites for hydroxylation is 1. The first-order valence-corrected chi connectivity index (χ1v) is 8.03. The van der Waals surface area contributed by atoms with E-state index in [-0.39, 0.29) is 18.6 Å². The Morgan fingerprint density at radius 2 is 1.70 bits per heavy atom. The monoisotopic (exact) mass is 375 g/mol. The molecule has 0 radical (unpaired) electrons. The van der Waals surface area contributed by atoms with Crippen molar-refractivity contribution in [2.24, 2.45) is 0 Å². The zero-order valence-corrected chi connectivity index (χ0v) is 14.6. The summed E-state index contributed by atoms with van der Waals surface area (Å²) < 4.78 is 5.89. The minimum Gasteiger partial charge on any atom is -0.452 e. The van der Waals surface area contributed by atoms with E-state index in [1.165, 1.54) is 0 Å². The van der Waals surface area contributed by atoms with Gasteiger partial charge in [0, 0.05) is 4.47 Å². The summed E-state index contributed by atoms with van der Waals surface area (Å²) in [6.07, 6.45) is 0. The number of ether oxygens (including phenoxy) is 1. The number of nitrogens with one attached hydrogen (secondary N) is 1. The van der Waals surface area contributed by atoms with Crippen LogP contribution in [0.3, 0.4) is 0 Å². The third kappa shape index (κ3) is 5.21. The number of hydrogen-bond acceptors (Lipinski definition) is 3. The minimum absolute atomic E-state index is 0.144. The van der Waals surface area contributed by atoms with Crippen LogP contribution in [0.1, 0.15) is 34.5 Å². The topological polar surface area (TPSA) is 55.4 Å². The van der Waals surface area contributed by atoms with Crippen LogP contribution in [0.2, 0.25) is 0 Å². The van der Waals surface area contributed by atoms with Gasteiger partial charge in [-0.1, -0.05) is 45.8 Å². The van der Waals surface area contributed by atoms with E-state index in [1.54, 1.807) is 24.3 Å². The predicted molar refractivity (Wildman–Crippen MR) is 92.2 cm³/mol. The molecule has 0 aliphatic heterocycles. The first-order chi connectivity index (χ1) is 11.0. The van der Waals surface area contributed by atoms with E-state index in [0.29, 0.717) is 5.56 Å². The van der Waals surface area contributed by atoms with Crippen LogP contribution in [-0.4, -0.2) is 18.5 Å². The molecule has 2 aromatic carbocycles. The standard InChI is InChI=1S/C18H18BrNO3/c1-12-3-5-14(6-4-12)13(2)20-17(21)11-23-18(22)15-7-9-16(19)10-8-15/h3-10,13H,11H2,1-2H3,(H,20,21)/t13-/m1/s1. The smallest absolute Gasteiger partial charge is 0.338 e. The average molecular weight is 376 g/mol. The molecular formula is C18H18BrNO3. The van der Waals surface area contributed by atoms with Gasteiger partial charge in [0.1, 0.15) is 0 Å². The summed E-state index contributed by atoms with van der Waals surface area (Å²) in [6.45, 7) is 3.60. The van der Waals surface area contributed by atoms with Crippen molar-refractivity contribution in [1.29, 1.82) is 0 Å². The van der Waals surface area contributed by atoms with Gasteiger partial charge in [-0.15, -0.1) is 0 Å². The summed E-state index contributed by atoms with van der Waals surface area (Å²) in [5.74, 6) is -0.848. The highest BCUT2D eigenvalue weighted by Gasteiger charge is 2.13. The number of esters is 1. The minimum atomic E-state index is -0.518. The molecule has 1 atom stereocenters. The molecule has 0 fully saturated rings. The summed E-state index contributed by atoms with van der Waals surface area (Å²) >= 11 is 3.29. The van der Waals surface area contributed by atoms with Gasteiger partial charge in [-0.05, 0) is 43.7 Å². The molecular weight excluding hydrogens is 358 g/mol. The van der Waals surface area contributed by atoms with Gasteiger partial charge in [0.25, 0.3) is 5.91 Å². The van der Waals surface area contributed by atoms with E-state index >= 15 is 0 Å². The summed E-state index contributed by atoms with van der Waals surface area (Å²) in [4.78, 5) is 23.7. The van der Waals surface area contributed by atoms with Crippen molar-refractivity contribution < 1.29 is 14.3 Å². The van der Waals surface area contributed by atoms with Crippen LogP contribution < -0.4 is 5.32 Å². The number of carbonyl (C=O) groups is 2. The molecule has 0 heterocycles. The first kappa shape index (κ1) is 17.2. The average Bonchev–Trinajstić information content (AvgIpc) is 2.54. The Morgan fingerprint density at radius 1 is 1.09 bits per heavy atom. The number of hydrogen-bond donors (Lipinski definition) is 1. The van der Waals surface area contributed by atoms with Crippen LogP contribution >= 0.6 is 15.9 Å². The zero-order chi connectivity index (χ0) is 16.8. The second-order valence-electron chi connectivity index (χ2n) is 5.28. The van der Waals surface area contributed by atoms with Crippen molar-refractivity contribution in [1.82, 2.24) is 5.32 Å². The Kier molecular flexibility index (Phi) is 5.93. The molecule has 1 N–H and O–H groups in total. The molecule has 0 saturated carbocycles. The van der Waals surface area contributed by atoms with E-state index < -0.39 is 5.97 Å². The van der Waals surface area contributed by atoms with Crippen LogP contribution in [-0.2, 0) is 9.53 Å². The summed E-state index contributed by atoms with van der Waals surface area (Å²) in [7, 11) is 0. The van der Waals surface area contributed by atoms with Crippen molar-refractivity contribution >= 4 is 27.8 Å². The second-order valence-corrected chi connectivity index (χ2v) is 6.20. The normalized spacial score (nSPS) is 11.6. The highest BCUT2D eigenvalue weighted by atomic mass is 79.9. The Balaban J connectivity index is 1.83. The van der Waals surface area contributed by atoms with Crippen molar-refractivity contribution in [3.63, 3.8) is 0 Å². The van der Waals surface area contributed by atoms with Crippen LogP contribution in [0.15, 0.2) is 53.0 Å². The molecule has 2 aromatic rings. The predicted octanol–water partition coefficient (Wildman–Crippen LogP) is 3.79. The summed E-state index contributed by atoms with van der Waals surface area (Å²) in [6, 6.07) is 14.5. The van der Waals surface area contributed by atoms with E-state index in [2.05, 4.69) is 21.2 Å². The van der Waals surface area contributed by atoms with E-state index in [1.807, 2.05) is 38.1 Å². The fourth-order valence-corrected chi connectivity index (χ4v) is 2.29. The molecule has 0 bridgehead atoms. The summed E-state index contributed by atoms with van der Waals surface area (Å²) in [5, 5.41) is 2.81. The van der Waals surface area contributed by atoms with Gasteiger partial charge in [-0.2, -0.15) is 0 Å². The summed E-state index contributed by atoms with van der Waals surface area (Å²) in [5.41, 5.74) is 2.58. The lowest BCUT2D eigenvalue weighted by Crippen LogP contribution is -2.31. The SMILES string of the molecule is Cc1ccc([C@@H](C)NC(=O)COC(=O)c2ccc(Br)cc2)cc1. The molecule has 1 amide bonds. The molecule has 4 nitrogen and oxygen atoms in total. The quantitative estimate of drug-likeness (QED) is 0.808. The maximum absolute atomic E-state index is 11.9. The van der Waals surface area contributed by atoms with Crippen LogP contribution in [0, 0.1) is 6.92 Å². The van der Waals surface area contributed by atoms with E-state index in [0.717, 1.165) is 15.6 Å². The number of amides is 1. The van der Waals surface area contributed by atoms with E-state index in [9.17, 15) is 9.59 Å². The lowest BCUT2D eigenvalue weighted by atomic mass is 10.1. The lowest BCUT2D eigenvalue weighted by Gasteiger charge is -2.14. The lowest BCUT2D eigenvalue weighted by molar-refractivity contribution is -0.124. The van der Waals surface area contributed by atoms with Crippen LogP contribution in [0.4, 0.5) is 0 Å². The molecule has 5 heteroatoms. The Bertz CT molecular complexity index is 680. The number of carbonyl (C=O) groups excluding carboxylic acids is 2.